The Balaban J connectivity index is 1.46. The van der Waals surface area contributed by atoms with Crippen molar-refractivity contribution in [1.29, 1.82) is 0 Å². The highest BCUT2D eigenvalue weighted by molar-refractivity contribution is 7.20. The van der Waals surface area contributed by atoms with Crippen LogP contribution >= 0.6 is 11.3 Å². The van der Waals surface area contributed by atoms with E-state index in [0.717, 1.165) is 68.9 Å². The van der Waals surface area contributed by atoms with Crippen LogP contribution in [-0.4, -0.2) is 66.1 Å². The summed E-state index contributed by atoms with van der Waals surface area (Å²) in [4.78, 5) is 28.3. The van der Waals surface area contributed by atoms with Crippen molar-refractivity contribution in [2.24, 2.45) is 0 Å². The fourth-order valence-electron chi connectivity index (χ4n) is 4.18. The molecule has 164 valence electrons. The van der Waals surface area contributed by atoms with Gasteiger partial charge in [-0.2, -0.15) is 0 Å². The van der Waals surface area contributed by atoms with Crippen LogP contribution < -0.4 is 9.47 Å². The fraction of sp³-hybridized carbons (Fsp3) is 0.435. The first-order valence-corrected chi connectivity index (χ1v) is 11.2. The number of benzene rings is 1. The van der Waals surface area contributed by atoms with Gasteiger partial charge in [-0.15, -0.1) is 11.3 Å². The zero-order valence-electron chi connectivity index (χ0n) is 18.7. The molecule has 0 radical (unpaired) electrons. The van der Waals surface area contributed by atoms with E-state index in [4.69, 9.17) is 9.47 Å². The number of methoxy groups -OCH3 is 2. The van der Waals surface area contributed by atoms with Crippen LogP contribution in [0.4, 0.5) is 0 Å². The largest absolute Gasteiger partial charge is 0.497 e. The van der Waals surface area contributed by atoms with Crippen molar-refractivity contribution >= 4 is 27.5 Å². The number of thiophene rings is 1. The van der Waals surface area contributed by atoms with E-state index >= 15 is 0 Å². The molecule has 1 amide bonds. The van der Waals surface area contributed by atoms with Crippen LogP contribution in [0.1, 0.15) is 32.3 Å². The zero-order chi connectivity index (χ0) is 22.1. The second kappa shape index (κ2) is 8.80. The lowest BCUT2D eigenvalue weighted by Crippen LogP contribution is -2.48. The molecule has 0 atom stereocenters. The first-order chi connectivity index (χ1) is 14.9. The predicted octanol–water partition coefficient (Wildman–Crippen LogP) is 3.59. The summed E-state index contributed by atoms with van der Waals surface area (Å²) < 4.78 is 10.9. The lowest BCUT2D eigenvalue weighted by molar-refractivity contribution is 0.0631. The predicted molar refractivity (Wildman–Crippen MR) is 122 cm³/mol. The molecule has 0 saturated carbocycles. The summed E-state index contributed by atoms with van der Waals surface area (Å²) in [7, 11) is 3.35. The fourth-order valence-corrected chi connectivity index (χ4v) is 5.42. The number of ether oxygens (including phenoxy) is 2. The first-order valence-electron chi connectivity index (χ1n) is 10.4. The summed E-state index contributed by atoms with van der Waals surface area (Å²) >= 11 is 1.48. The van der Waals surface area contributed by atoms with E-state index in [0.29, 0.717) is 13.1 Å². The molecule has 2 aromatic heterocycles. The Labute approximate surface area is 186 Å². The molecule has 4 rings (SSSR count). The number of nitrogens with zero attached hydrogens (tertiary/aromatic N) is 4. The lowest BCUT2D eigenvalue weighted by Gasteiger charge is -2.35. The van der Waals surface area contributed by atoms with Gasteiger partial charge in [0.05, 0.1) is 19.1 Å². The molecule has 8 heteroatoms. The van der Waals surface area contributed by atoms with Crippen LogP contribution in [0.2, 0.25) is 0 Å². The Kier molecular flexibility index (Phi) is 6.11. The molecule has 3 aromatic rings. The topological polar surface area (TPSA) is 67.8 Å². The molecule has 31 heavy (non-hydrogen) atoms. The third kappa shape index (κ3) is 4.22. The van der Waals surface area contributed by atoms with Gasteiger partial charge in [-0.05, 0) is 44.5 Å². The molecule has 7 nitrogen and oxygen atoms in total. The van der Waals surface area contributed by atoms with Crippen LogP contribution in [0, 0.1) is 20.8 Å². The highest BCUT2D eigenvalue weighted by Crippen LogP contribution is 2.32. The van der Waals surface area contributed by atoms with Crippen molar-refractivity contribution in [2.75, 3.05) is 40.4 Å². The third-order valence-corrected chi connectivity index (χ3v) is 6.99. The highest BCUT2D eigenvalue weighted by atomic mass is 32.1. The van der Waals surface area contributed by atoms with Crippen molar-refractivity contribution in [3.05, 3.63) is 45.7 Å². The number of hydrogen-bond acceptors (Lipinski definition) is 7. The van der Waals surface area contributed by atoms with E-state index in [2.05, 4.69) is 14.9 Å². The molecule has 0 N–H and O–H groups in total. The quantitative estimate of drug-likeness (QED) is 0.604. The summed E-state index contributed by atoms with van der Waals surface area (Å²) in [5.41, 5.74) is 3.02. The molecular weight excluding hydrogens is 412 g/mol. The molecule has 0 unspecified atom stereocenters. The van der Waals surface area contributed by atoms with Gasteiger partial charge in [-0.1, -0.05) is 0 Å². The Morgan fingerprint density at radius 2 is 1.81 bits per heavy atom. The molecule has 0 spiro atoms. The Morgan fingerprint density at radius 1 is 1.06 bits per heavy atom. The maximum atomic E-state index is 13.3. The molecule has 1 saturated heterocycles. The van der Waals surface area contributed by atoms with Crippen LogP contribution in [0.25, 0.3) is 10.2 Å². The lowest BCUT2D eigenvalue weighted by atomic mass is 10.1. The number of fused-ring (bicyclic) bond motifs is 1. The van der Waals surface area contributed by atoms with Crippen molar-refractivity contribution in [1.82, 2.24) is 19.8 Å². The van der Waals surface area contributed by atoms with E-state index in [9.17, 15) is 4.79 Å². The number of amides is 1. The van der Waals surface area contributed by atoms with Crippen molar-refractivity contribution in [3.63, 3.8) is 0 Å². The summed E-state index contributed by atoms with van der Waals surface area (Å²) in [5, 5.41) is 1.02. The number of carbonyl (C=O) groups excluding carboxylic acids is 1. The van der Waals surface area contributed by atoms with Crippen LogP contribution in [0.3, 0.4) is 0 Å². The van der Waals surface area contributed by atoms with Gasteiger partial charge < -0.3 is 14.4 Å². The SMILES string of the molecule is COc1ccc(OC)c(CN2CCN(C(=O)c3sc4nc(C)nc(C)c4c3C)CC2)c1. The number of hydrogen-bond donors (Lipinski definition) is 0. The second-order valence-electron chi connectivity index (χ2n) is 7.84. The molecule has 1 fully saturated rings. The number of aryl methyl sites for hydroxylation is 3. The standard InChI is InChI=1S/C23H28N4O3S/c1-14-20-15(2)24-16(3)25-22(20)31-21(14)23(28)27-10-8-26(9-11-27)13-17-12-18(29-4)6-7-19(17)30-5/h6-7,12H,8-11,13H2,1-5H3. The third-order valence-electron chi connectivity index (χ3n) is 5.82. The van der Waals surface area contributed by atoms with E-state index in [-0.39, 0.29) is 5.91 Å². The van der Waals surface area contributed by atoms with E-state index in [1.165, 1.54) is 11.3 Å². The van der Waals surface area contributed by atoms with Gasteiger partial charge in [-0.25, -0.2) is 9.97 Å². The normalized spacial score (nSPS) is 14.8. The molecular formula is C23H28N4O3S. The van der Waals surface area contributed by atoms with Gasteiger partial charge in [0.15, 0.2) is 0 Å². The van der Waals surface area contributed by atoms with Crippen molar-refractivity contribution in [2.45, 2.75) is 27.3 Å². The monoisotopic (exact) mass is 440 g/mol. The minimum atomic E-state index is 0.0937. The number of rotatable bonds is 5. The minimum Gasteiger partial charge on any atom is -0.497 e. The number of piperazine rings is 1. The van der Waals surface area contributed by atoms with Crippen LogP contribution in [0.5, 0.6) is 11.5 Å². The van der Waals surface area contributed by atoms with Gasteiger partial charge in [0.1, 0.15) is 22.2 Å². The highest BCUT2D eigenvalue weighted by Gasteiger charge is 2.26. The summed E-state index contributed by atoms with van der Waals surface area (Å²) in [5.74, 6) is 2.51. The minimum absolute atomic E-state index is 0.0937. The molecule has 1 aromatic carbocycles. The number of aromatic nitrogens is 2. The van der Waals surface area contributed by atoms with Gasteiger partial charge in [-0.3, -0.25) is 9.69 Å². The summed E-state index contributed by atoms with van der Waals surface area (Å²) in [6, 6.07) is 5.85. The van der Waals surface area contributed by atoms with Gasteiger partial charge >= 0.3 is 0 Å². The average molecular weight is 441 g/mol. The Hall–Kier alpha value is -2.71. The molecule has 0 bridgehead atoms. The molecule has 0 aliphatic carbocycles. The van der Waals surface area contributed by atoms with E-state index in [1.807, 2.05) is 43.9 Å². The van der Waals surface area contributed by atoms with Gasteiger partial charge in [0, 0.05) is 49.4 Å². The van der Waals surface area contributed by atoms with Crippen molar-refractivity contribution < 1.29 is 14.3 Å². The summed E-state index contributed by atoms with van der Waals surface area (Å²) in [6.45, 7) is 9.66. The van der Waals surface area contributed by atoms with Crippen molar-refractivity contribution in [3.8, 4) is 11.5 Å². The van der Waals surface area contributed by atoms with E-state index < -0.39 is 0 Å². The maximum Gasteiger partial charge on any atom is 0.264 e. The number of carbonyl (C=O) groups is 1. The molecule has 1 aliphatic heterocycles. The van der Waals surface area contributed by atoms with Crippen LogP contribution in [-0.2, 0) is 6.54 Å². The zero-order valence-corrected chi connectivity index (χ0v) is 19.5. The van der Waals surface area contributed by atoms with E-state index in [1.54, 1.807) is 14.2 Å². The van der Waals surface area contributed by atoms with Crippen LogP contribution in [0.15, 0.2) is 18.2 Å². The van der Waals surface area contributed by atoms with Gasteiger partial charge in [0.2, 0.25) is 0 Å². The molecule has 3 heterocycles. The average Bonchev–Trinajstić information content (AvgIpc) is 3.10. The summed E-state index contributed by atoms with van der Waals surface area (Å²) in [6.07, 6.45) is 0. The maximum absolute atomic E-state index is 13.3. The Morgan fingerprint density at radius 3 is 2.48 bits per heavy atom. The van der Waals surface area contributed by atoms with Gasteiger partial charge in [0.25, 0.3) is 5.91 Å². The smallest absolute Gasteiger partial charge is 0.264 e. The second-order valence-corrected chi connectivity index (χ2v) is 8.84. The molecule has 1 aliphatic rings. The Bertz CT molecular complexity index is 1120. The first kappa shape index (κ1) is 21.5.